The van der Waals surface area contributed by atoms with Gasteiger partial charge in [-0.3, -0.25) is 0 Å². The predicted molar refractivity (Wildman–Crippen MR) is 64.0 cm³/mol. The molecule has 0 spiro atoms. The molecule has 1 unspecified atom stereocenters. The molecule has 1 rings (SSSR count). The quantitative estimate of drug-likeness (QED) is 0.772. The molecule has 0 bridgehead atoms. The zero-order valence-corrected chi connectivity index (χ0v) is 9.95. The number of halogens is 1. The van der Waals surface area contributed by atoms with Crippen molar-refractivity contribution >= 4 is 0 Å². The van der Waals surface area contributed by atoms with Gasteiger partial charge in [0.15, 0.2) is 0 Å². The SMILES string of the molecule is CCC(N)(C#N)CCCOc1cccc(F)c1. The molecule has 92 valence electrons. The second-order valence-electron chi connectivity index (χ2n) is 4.03. The number of nitriles is 1. The van der Waals surface area contributed by atoms with Crippen molar-refractivity contribution < 1.29 is 9.13 Å². The summed E-state index contributed by atoms with van der Waals surface area (Å²) in [6.45, 7) is 2.32. The Morgan fingerprint density at radius 2 is 2.29 bits per heavy atom. The Hall–Kier alpha value is -1.60. The lowest BCUT2D eigenvalue weighted by atomic mass is 9.94. The first-order valence-electron chi connectivity index (χ1n) is 5.68. The maximum atomic E-state index is 12.8. The van der Waals surface area contributed by atoms with E-state index in [1.54, 1.807) is 12.1 Å². The number of ether oxygens (including phenoxy) is 1. The Labute approximate surface area is 101 Å². The smallest absolute Gasteiger partial charge is 0.126 e. The number of hydrogen-bond acceptors (Lipinski definition) is 3. The van der Waals surface area contributed by atoms with Crippen LogP contribution in [0.5, 0.6) is 5.75 Å². The standard InChI is InChI=1S/C13H17FN2O/c1-2-13(16,10-15)7-4-8-17-12-6-3-5-11(14)9-12/h3,5-6,9H,2,4,7-8,16H2,1H3. The van der Waals surface area contributed by atoms with Crippen LogP contribution >= 0.6 is 0 Å². The van der Waals surface area contributed by atoms with Crippen molar-refractivity contribution in [2.45, 2.75) is 31.7 Å². The zero-order chi connectivity index (χ0) is 12.7. The van der Waals surface area contributed by atoms with Gasteiger partial charge in [0.05, 0.1) is 12.7 Å². The Bertz CT molecular complexity index is 403. The highest BCUT2D eigenvalue weighted by Crippen LogP contribution is 2.15. The van der Waals surface area contributed by atoms with Crippen molar-refractivity contribution in [3.63, 3.8) is 0 Å². The van der Waals surface area contributed by atoms with E-state index in [0.29, 0.717) is 31.6 Å². The van der Waals surface area contributed by atoms with Crippen LogP contribution in [0.1, 0.15) is 26.2 Å². The summed E-state index contributed by atoms with van der Waals surface area (Å²) in [5.74, 6) is 0.183. The average molecular weight is 236 g/mol. The van der Waals surface area contributed by atoms with E-state index < -0.39 is 5.54 Å². The lowest BCUT2D eigenvalue weighted by molar-refractivity contribution is 0.290. The van der Waals surface area contributed by atoms with Gasteiger partial charge in [-0.1, -0.05) is 13.0 Å². The molecule has 17 heavy (non-hydrogen) atoms. The molecule has 0 aliphatic heterocycles. The third kappa shape index (κ3) is 4.41. The minimum atomic E-state index is -0.773. The first kappa shape index (κ1) is 13.5. The Morgan fingerprint density at radius 3 is 2.88 bits per heavy atom. The van der Waals surface area contributed by atoms with Crippen LogP contribution in [0.15, 0.2) is 24.3 Å². The van der Waals surface area contributed by atoms with E-state index in [1.807, 2.05) is 6.92 Å². The van der Waals surface area contributed by atoms with Crippen LogP contribution in [0, 0.1) is 17.1 Å². The van der Waals surface area contributed by atoms with E-state index in [9.17, 15) is 4.39 Å². The van der Waals surface area contributed by atoms with Gasteiger partial charge in [-0.25, -0.2) is 4.39 Å². The lowest BCUT2D eigenvalue weighted by Crippen LogP contribution is -2.37. The fourth-order valence-electron chi connectivity index (χ4n) is 1.45. The number of nitrogens with two attached hydrogens (primary N) is 1. The highest BCUT2D eigenvalue weighted by atomic mass is 19.1. The molecule has 1 atom stereocenters. The molecule has 1 aromatic carbocycles. The summed E-state index contributed by atoms with van der Waals surface area (Å²) in [4.78, 5) is 0. The van der Waals surface area contributed by atoms with Gasteiger partial charge >= 0.3 is 0 Å². The molecule has 0 amide bonds. The monoisotopic (exact) mass is 236 g/mol. The summed E-state index contributed by atoms with van der Waals surface area (Å²) < 4.78 is 18.2. The van der Waals surface area contributed by atoms with Crippen molar-refractivity contribution in [2.75, 3.05) is 6.61 Å². The van der Waals surface area contributed by atoms with Crippen molar-refractivity contribution in [2.24, 2.45) is 5.73 Å². The Morgan fingerprint density at radius 1 is 1.53 bits per heavy atom. The first-order valence-corrected chi connectivity index (χ1v) is 5.68. The molecular weight excluding hydrogens is 219 g/mol. The van der Waals surface area contributed by atoms with Crippen molar-refractivity contribution in [3.8, 4) is 11.8 Å². The average Bonchev–Trinajstić information content (AvgIpc) is 2.34. The van der Waals surface area contributed by atoms with E-state index in [2.05, 4.69) is 6.07 Å². The molecular formula is C13H17FN2O. The van der Waals surface area contributed by atoms with Crippen molar-refractivity contribution in [1.29, 1.82) is 5.26 Å². The molecule has 4 heteroatoms. The molecule has 0 aliphatic rings. The van der Waals surface area contributed by atoms with Crippen LogP contribution in [0.4, 0.5) is 4.39 Å². The van der Waals surface area contributed by atoms with Gasteiger partial charge in [0.1, 0.15) is 17.1 Å². The van der Waals surface area contributed by atoms with Crippen molar-refractivity contribution in [3.05, 3.63) is 30.1 Å². The summed E-state index contributed by atoms with van der Waals surface area (Å²) in [6, 6.07) is 8.09. The summed E-state index contributed by atoms with van der Waals surface area (Å²) in [5.41, 5.74) is 5.05. The van der Waals surface area contributed by atoms with Gasteiger partial charge in [-0.05, 0) is 31.4 Å². The van der Waals surface area contributed by atoms with Crippen LogP contribution in [-0.2, 0) is 0 Å². The van der Waals surface area contributed by atoms with Crippen molar-refractivity contribution in [1.82, 2.24) is 0 Å². The largest absolute Gasteiger partial charge is 0.493 e. The van der Waals surface area contributed by atoms with Gasteiger partial charge in [0.25, 0.3) is 0 Å². The van der Waals surface area contributed by atoms with Gasteiger partial charge in [-0.15, -0.1) is 0 Å². The number of rotatable bonds is 6. The van der Waals surface area contributed by atoms with E-state index in [1.165, 1.54) is 12.1 Å². The van der Waals surface area contributed by atoms with Crippen LogP contribution in [0.2, 0.25) is 0 Å². The van der Waals surface area contributed by atoms with E-state index >= 15 is 0 Å². The highest BCUT2D eigenvalue weighted by molar-refractivity contribution is 5.22. The summed E-state index contributed by atoms with van der Waals surface area (Å²) in [6.07, 6.45) is 1.87. The number of benzene rings is 1. The molecule has 0 aromatic heterocycles. The Balaban J connectivity index is 2.32. The topological polar surface area (TPSA) is 59.0 Å². The number of hydrogen-bond donors (Lipinski definition) is 1. The first-order chi connectivity index (χ1) is 8.09. The fraction of sp³-hybridized carbons (Fsp3) is 0.462. The van der Waals surface area contributed by atoms with Gasteiger partial charge in [-0.2, -0.15) is 5.26 Å². The third-order valence-electron chi connectivity index (χ3n) is 2.69. The summed E-state index contributed by atoms with van der Waals surface area (Å²) >= 11 is 0. The molecule has 1 aromatic rings. The van der Waals surface area contributed by atoms with E-state index in [-0.39, 0.29) is 5.82 Å². The molecule has 0 aliphatic carbocycles. The minimum absolute atomic E-state index is 0.318. The van der Waals surface area contributed by atoms with Crippen LogP contribution in [-0.4, -0.2) is 12.1 Å². The predicted octanol–water partition coefficient (Wildman–Crippen LogP) is 2.62. The lowest BCUT2D eigenvalue weighted by Gasteiger charge is -2.18. The van der Waals surface area contributed by atoms with Crippen LogP contribution < -0.4 is 10.5 Å². The van der Waals surface area contributed by atoms with E-state index in [0.717, 1.165) is 0 Å². The van der Waals surface area contributed by atoms with Gasteiger partial charge in [0.2, 0.25) is 0 Å². The van der Waals surface area contributed by atoms with Crippen LogP contribution in [0.3, 0.4) is 0 Å². The van der Waals surface area contributed by atoms with Crippen LogP contribution in [0.25, 0.3) is 0 Å². The Kier molecular flexibility index (Phi) is 4.92. The maximum absolute atomic E-state index is 12.8. The molecule has 0 radical (unpaired) electrons. The molecule has 3 nitrogen and oxygen atoms in total. The molecule has 0 fully saturated rings. The fourth-order valence-corrected chi connectivity index (χ4v) is 1.45. The highest BCUT2D eigenvalue weighted by Gasteiger charge is 2.20. The molecule has 0 heterocycles. The van der Waals surface area contributed by atoms with Gasteiger partial charge < -0.3 is 10.5 Å². The summed E-state index contributed by atoms with van der Waals surface area (Å²) in [5, 5.41) is 8.87. The van der Waals surface area contributed by atoms with E-state index in [4.69, 9.17) is 15.7 Å². The second kappa shape index (κ2) is 6.21. The van der Waals surface area contributed by atoms with Gasteiger partial charge in [0, 0.05) is 6.07 Å². The molecule has 0 saturated heterocycles. The maximum Gasteiger partial charge on any atom is 0.126 e. The normalized spacial score (nSPS) is 13.8. The minimum Gasteiger partial charge on any atom is -0.493 e. The summed E-state index contributed by atoms with van der Waals surface area (Å²) in [7, 11) is 0. The number of nitrogens with zero attached hydrogens (tertiary/aromatic N) is 1. The second-order valence-corrected chi connectivity index (χ2v) is 4.03. The zero-order valence-electron chi connectivity index (χ0n) is 9.95. The molecule has 0 saturated carbocycles. The third-order valence-corrected chi connectivity index (χ3v) is 2.69. The molecule has 2 N–H and O–H groups in total.